The zero-order valence-corrected chi connectivity index (χ0v) is 14.4. The van der Waals surface area contributed by atoms with Crippen molar-refractivity contribution in [1.29, 1.82) is 0 Å². The summed E-state index contributed by atoms with van der Waals surface area (Å²) in [4.78, 5) is 0. The number of unbranched alkanes of at least 4 members (excludes halogenated alkanes) is 3. The zero-order chi connectivity index (χ0) is 15.0. The molecule has 1 rings (SSSR count). The monoisotopic (exact) mass is 315 g/mol. The first-order chi connectivity index (χ1) is 9.52. The van der Waals surface area contributed by atoms with E-state index in [-0.39, 0.29) is 6.04 Å². The molecule has 0 aliphatic carbocycles. The van der Waals surface area contributed by atoms with Gasteiger partial charge in [0, 0.05) is 6.04 Å². The Labute approximate surface area is 134 Å². The fourth-order valence-electron chi connectivity index (χ4n) is 2.31. The summed E-state index contributed by atoms with van der Waals surface area (Å²) >= 11 is 12.3. The average Bonchev–Trinajstić information content (AvgIpc) is 2.40. The van der Waals surface area contributed by atoms with Gasteiger partial charge in [-0.1, -0.05) is 74.9 Å². The van der Waals surface area contributed by atoms with E-state index >= 15 is 0 Å². The van der Waals surface area contributed by atoms with E-state index in [1.807, 2.05) is 18.2 Å². The maximum absolute atomic E-state index is 6.23. The van der Waals surface area contributed by atoms with E-state index in [1.165, 1.54) is 32.1 Å². The highest BCUT2D eigenvalue weighted by atomic mass is 35.5. The van der Waals surface area contributed by atoms with Gasteiger partial charge in [-0.15, -0.1) is 0 Å². The highest BCUT2D eigenvalue weighted by Crippen LogP contribution is 2.29. The highest BCUT2D eigenvalue weighted by Gasteiger charge is 2.10. The Kier molecular flexibility index (Phi) is 8.60. The predicted molar refractivity (Wildman–Crippen MR) is 90.8 cm³/mol. The summed E-state index contributed by atoms with van der Waals surface area (Å²) in [7, 11) is 0. The molecule has 1 aromatic rings. The molecule has 0 aliphatic rings. The van der Waals surface area contributed by atoms with Gasteiger partial charge in [0.1, 0.15) is 0 Å². The first kappa shape index (κ1) is 17.8. The molecule has 0 heterocycles. The normalized spacial score (nSPS) is 12.9. The van der Waals surface area contributed by atoms with Crippen LogP contribution in [0.25, 0.3) is 0 Å². The summed E-state index contributed by atoms with van der Waals surface area (Å²) in [5.74, 6) is 0.832. The third-order valence-electron chi connectivity index (χ3n) is 3.61. The lowest BCUT2D eigenvalue weighted by atomic mass is 10.0. The molecule has 20 heavy (non-hydrogen) atoms. The van der Waals surface area contributed by atoms with E-state index in [1.54, 1.807) is 0 Å². The number of rotatable bonds is 9. The van der Waals surface area contributed by atoms with Crippen LogP contribution in [0.15, 0.2) is 18.2 Å². The predicted octanol–water partition coefficient (Wildman–Crippen LogP) is 6.25. The number of halogens is 2. The van der Waals surface area contributed by atoms with Gasteiger partial charge in [-0.3, -0.25) is 0 Å². The van der Waals surface area contributed by atoms with E-state index in [0.29, 0.717) is 10.0 Å². The maximum atomic E-state index is 6.23. The van der Waals surface area contributed by atoms with E-state index in [9.17, 15) is 0 Å². The molecule has 0 aliphatic heterocycles. The molecule has 0 spiro atoms. The van der Waals surface area contributed by atoms with Gasteiger partial charge in [0.2, 0.25) is 0 Å². The number of hydrogen-bond donors (Lipinski definition) is 1. The van der Waals surface area contributed by atoms with Crippen LogP contribution in [-0.4, -0.2) is 6.54 Å². The largest absolute Gasteiger partial charge is 0.310 e. The molecule has 0 saturated heterocycles. The summed E-state index contributed by atoms with van der Waals surface area (Å²) in [6, 6.07) is 6.06. The standard InChI is InChI=1S/C17H27Cl2N/c1-13(2)9-6-4-5-7-12-20-14(3)15-10-8-11-16(18)17(15)19/h8,10-11,13-14,20H,4-7,9,12H2,1-3H3. The van der Waals surface area contributed by atoms with Gasteiger partial charge < -0.3 is 5.32 Å². The number of benzene rings is 1. The fraction of sp³-hybridized carbons (Fsp3) is 0.647. The molecular weight excluding hydrogens is 289 g/mol. The van der Waals surface area contributed by atoms with Gasteiger partial charge >= 0.3 is 0 Å². The SMILES string of the molecule is CC(C)CCCCCCNC(C)c1cccc(Cl)c1Cl. The van der Waals surface area contributed by atoms with Crippen LogP contribution in [0.1, 0.15) is 64.5 Å². The molecule has 0 amide bonds. The Morgan fingerprint density at radius 3 is 2.40 bits per heavy atom. The molecule has 3 heteroatoms. The average molecular weight is 316 g/mol. The molecule has 1 nitrogen and oxygen atoms in total. The Morgan fingerprint density at radius 1 is 1.00 bits per heavy atom. The van der Waals surface area contributed by atoms with Crippen molar-refractivity contribution in [1.82, 2.24) is 5.32 Å². The van der Waals surface area contributed by atoms with Gasteiger partial charge in [0.25, 0.3) is 0 Å². The topological polar surface area (TPSA) is 12.0 Å². The Balaban J connectivity index is 2.20. The Morgan fingerprint density at radius 2 is 1.70 bits per heavy atom. The highest BCUT2D eigenvalue weighted by molar-refractivity contribution is 6.42. The molecule has 1 aromatic carbocycles. The third kappa shape index (κ3) is 6.47. The number of nitrogens with one attached hydrogen (secondary N) is 1. The van der Waals surface area contributed by atoms with Crippen LogP contribution in [0, 0.1) is 5.92 Å². The molecule has 1 N–H and O–H groups in total. The van der Waals surface area contributed by atoms with Gasteiger partial charge in [0.05, 0.1) is 10.0 Å². The van der Waals surface area contributed by atoms with E-state index < -0.39 is 0 Å². The van der Waals surface area contributed by atoms with Crippen LogP contribution in [-0.2, 0) is 0 Å². The van der Waals surface area contributed by atoms with Crippen molar-refractivity contribution in [3.8, 4) is 0 Å². The summed E-state index contributed by atoms with van der Waals surface area (Å²) in [6.45, 7) is 7.75. The lowest BCUT2D eigenvalue weighted by Crippen LogP contribution is -2.20. The minimum atomic E-state index is 0.247. The molecule has 0 saturated carbocycles. The summed E-state index contributed by atoms with van der Waals surface area (Å²) < 4.78 is 0. The minimum Gasteiger partial charge on any atom is -0.310 e. The minimum absolute atomic E-state index is 0.247. The maximum Gasteiger partial charge on any atom is 0.0639 e. The zero-order valence-electron chi connectivity index (χ0n) is 12.9. The molecule has 0 bridgehead atoms. The molecule has 0 fully saturated rings. The molecule has 1 atom stereocenters. The van der Waals surface area contributed by atoms with Crippen LogP contribution in [0.4, 0.5) is 0 Å². The second-order valence-corrected chi connectivity index (χ2v) is 6.70. The van der Waals surface area contributed by atoms with Gasteiger partial charge in [-0.2, -0.15) is 0 Å². The number of hydrogen-bond acceptors (Lipinski definition) is 1. The second kappa shape index (κ2) is 9.65. The van der Waals surface area contributed by atoms with Crippen LogP contribution >= 0.6 is 23.2 Å². The summed E-state index contributed by atoms with van der Waals surface area (Å²) in [5, 5.41) is 4.83. The Hall–Kier alpha value is -0.240. The molecule has 0 radical (unpaired) electrons. The summed E-state index contributed by atoms with van der Waals surface area (Å²) in [6.07, 6.45) is 6.57. The van der Waals surface area contributed by atoms with Gasteiger partial charge in [0.15, 0.2) is 0 Å². The van der Waals surface area contributed by atoms with Crippen molar-refractivity contribution in [3.05, 3.63) is 33.8 Å². The smallest absolute Gasteiger partial charge is 0.0639 e. The fourth-order valence-corrected chi connectivity index (χ4v) is 2.79. The lowest BCUT2D eigenvalue weighted by molar-refractivity contribution is 0.498. The van der Waals surface area contributed by atoms with Crippen molar-refractivity contribution >= 4 is 23.2 Å². The van der Waals surface area contributed by atoms with Crippen LogP contribution in [0.3, 0.4) is 0 Å². The van der Waals surface area contributed by atoms with Gasteiger partial charge in [-0.05, 0) is 37.4 Å². The first-order valence-corrected chi connectivity index (χ1v) is 8.45. The van der Waals surface area contributed by atoms with Crippen LogP contribution in [0.5, 0.6) is 0 Å². The van der Waals surface area contributed by atoms with Crippen molar-refractivity contribution in [3.63, 3.8) is 0 Å². The molecular formula is C17H27Cl2N. The Bertz CT molecular complexity index is 391. The molecule has 114 valence electrons. The van der Waals surface area contributed by atoms with Crippen LogP contribution < -0.4 is 5.32 Å². The van der Waals surface area contributed by atoms with Crippen molar-refractivity contribution in [2.24, 2.45) is 5.92 Å². The lowest BCUT2D eigenvalue weighted by Gasteiger charge is -2.16. The summed E-state index contributed by atoms with van der Waals surface area (Å²) in [5.41, 5.74) is 1.08. The first-order valence-electron chi connectivity index (χ1n) is 7.69. The van der Waals surface area contributed by atoms with E-state index in [2.05, 4.69) is 26.1 Å². The molecule has 0 aromatic heterocycles. The van der Waals surface area contributed by atoms with E-state index in [0.717, 1.165) is 18.0 Å². The third-order valence-corrected chi connectivity index (χ3v) is 4.44. The van der Waals surface area contributed by atoms with Crippen LogP contribution in [0.2, 0.25) is 10.0 Å². The molecule has 1 unspecified atom stereocenters. The van der Waals surface area contributed by atoms with Crippen molar-refractivity contribution in [2.75, 3.05) is 6.54 Å². The quantitative estimate of drug-likeness (QED) is 0.531. The van der Waals surface area contributed by atoms with E-state index in [4.69, 9.17) is 23.2 Å². The van der Waals surface area contributed by atoms with Crippen molar-refractivity contribution < 1.29 is 0 Å². The van der Waals surface area contributed by atoms with Gasteiger partial charge in [-0.25, -0.2) is 0 Å². The van der Waals surface area contributed by atoms with Crippen molar-refractivity contribution in [2.45, 2.75) is 58.9 Å². The second-order valence-electron chi connectivity index (χ2n) is 5.92.